The second-order valence-corrected chi connectivity index (χ2v) is 6.89. The quantitative estimate of drug-likeness (QED) is 0.479. The Balaban J connectivity index is 1.45. The molecular weight excluding hydrogens is 300 g/mol. The molecule has 0 amide bonds. The van der Waals surface area contributed by atoms with E-state index in [0.29, 0.717) is 24.5 Å². The van der Waals surface area contributed by atoms with Gasteiger partial charge in [-0.25, -0.2) is 4.79 Å². The molecular formula is C17H24O6. The van der Waals surface area contributed by atoms with E-state index in [0.717, 1.165) is 19.3 Å². The fourth-order valence-electron chi connectivity index (χ4n) is 3.44. The highest BCUT2D eigenvalue weighted by atomic mass is 16.6. The van der Waals surface area contributed by atoms with E-state index in [1.54, 1.807) is 6.92 Å². The molecule has 3 fully saturated rings. The molecule has 0 spiro atoms. The van der Waals surface area contributed by atoms with Crippen molar-refractivity contribution in [2.45, 2.75) is 76.0 Å². The molecule has 1 saturated heterocycles. The second-order valence-electron chi connectivity index (χ2n) is 6.89. The predicted octanol–water partition coefficient (Wildman–Crippen LogP) is 1.50. The third kappa shape index (κ3) is 3.93. The molecule has 0 aromatic carbocycles. The molecule has 2 saturated carbocycles. The van der Waals surface area contributed by atoms with Crippen molar-refractivity contribution in [3.05, 3.63) is 12.2 Å². The fraction of sp³-hybridized carbons (Fsp3) is 0.765. The van der Waals surface area contributed by atoms with Crippen molar-refractivity contribution in [3.63, 3.8) is 0 Å². The molecule has 1 aliphatic heterocycles. The van der Waals surface area contributed by atoms with Crippen LogP contribution in [0.5, 0.6) is 0 Å². The minimum absolute atomic E-state index is 0.0673. The number of fused-ring (bicyclic) bond motifs is 1. The SMILES string of the molecule is C=C(C)C(=O)OC1CCC(C(=O)OC2CCC3OC3C2)CC1O. The van der Waals surface area contributed by atoms with Crippen LogP contribution in [0.1, 0.15) is 45.4 Å². The first kappa shape index (κ1) is 16.5. The van der Waals surface area contributed by atoms with Gasteiger partial charge in [-0.1, -0.05) is 6.58 Å². The van der Waals surface area contributed by atoms with Gasteiger partial charge in [0.2, 0.25) is 0 Å². The van der Waals surface area contributed by atoms with Crippen molar-refractivity contribution < 1.29 is 28.9 Å². The van der Waals surface area contributed by atoms with Crippen molar-refractivity contribution in [2.24, 2.45) is 5.92 Å². The fourth-order valence-corrected chi connectivity index (χ4v) is 3.44. The maximum atomic E-state index is 12.3. The number of carbonyl (C=O) groups excluding carboxylic acids is 2. The molecule has 0 radical (unpaired) electrons. The molecule has 3 rings (SSSR count). The smallest absolute Gasteiger partial charge is 0.333 e. The minimum atomic E-state index is -0.841. The van der Waals surface area contributed by atoms with Gasteiger partial charge < -0.3 is 19.3 Å². The molecule has 0 aromatic heterocycles. The number of rotatable bonds is 4. The average Bonchev–Trinajstić information content (AvgIpc) is 3.27. The van der Waals surface area contributed by atoms with E-state index in [-0.39, 0.29) is 30.5 Å². The number of hydrogen-bond acceptors (Lipinski definition) is 6. The van der Waals surface area contributed by atoms with E-state index >= 15 is 0 Å². The second kappa shape index (κ2) is 6.61. The summed E-state index contributed by atoms with van der Waals surface area (Å²) in [6, 6.07) is 0. The van der Waals surface area contributed by atoms with Gasteiger partial charge in [0.15, 0.2) is 0 Å². The standard InChI is InChI=1S/C17H24O6/c1-9(2)16(19)23-13-5-3-10(7-12(13)18)17(20)21-11-4-6-14-15(8-11)22-14/h10-15,18H,1,3-8H2,2H3. The van der Waals surface area contributed by atoms with Gasteiger partial charge in [-0.15, -0.1) is 0 Å². The topological polar surface area (TPSA) is 85.4 Å². The van der Waals surface area contributed by atoms with Crippen LogP contribution in [0.4, 0.5) is 0 Å². The Labute approximate surface area is 135 Å². The molecule has 1 N–H and O–H groups in total. The summed E-state index contributed by atoms with van der Waals surface area (Å²) in [5, 5.41) is 10.1. The van der Waals surface area contributed by atoms with Gasteiger partial charge in [-0.05, 0) is 39.0 Å². The Kier molecular flexibility index (Phi) is 4.73. The van der Waals surface area contributed by atoms with Crippen molar-refractivity contribution >= 4 is 11.9 Å². The predicted molar refractivity (Wildman–Crippen MR) is 80.4 cm³/mol. The van der Waals surface area contributed by atoms with Crippen LogP contribution in [0.25, 0.3) is 0 Å². The van der Waals surface area contributed by atoms with Crippen molar-refractivity contribution in [3.8, 4) is 0 Å². The Bertz CT molecular complexity index is 501. The molecule has 6 nitrogen and oxygen atoms in total. The number of epoxide rings is 1. The van der Waals surface area contributed by atoms with Crippen molar-refractivity contribution in [1.82, 2.24) is 0 Å². The number of hydrogen-bond donors (Lipinski definition) is 1. The average molecular weight is 324 g/mol. The lowest BCUT2D eigenvalue weighted by atomic mass is 9.85. The van der Waals surface area contributed by atoms with E-state index < -0.39 is 18.2 Å². The zero-order chi connectivity index (χ0) is 16.6. The van der Waals surface area contributed by atoms with Gasteiger partial charge in [-0.3, -0.25) is 4.79 Å². The zero-order valence-electron chi connectivity index (χ0n) is 13.4. The lowest BCUT2D eigenvalue weighted by Crippen LogP contribution is -2.40. The summed E-state index contributed by atoms with van der Waals surface area (Å²) in [6.07, 6.45) is 3.03. The van der Waals surface area contributed by atoms with Gasteiger partial charge >= 0.3 is 11.9 Å². The molecule has 128 valence electrons. The normalized spacial score (nSPS) is 39.0. The Hall–Kier alpha value is -1.40. The molecule has 6 unspecified atom stereocenters. The summed E-state index contributed by atoms with van der Waals surface area (Å²) >= 11 is 0. The number of carbonyl (C=O) groups is 2. The van der Waals surface area contributed by atoms with Crippen LogP contribution in [0.3, 0.4) is 0 Å². The maximum Gasteiger partial charge on any atom is 0.333 e. The van der Waals surface area contributed by atoms with E-state index in [9.17, 15) is 14.7 Å². The molecule has 0 aromatic rings. The third-order valence-corrected chi connectivity index (χ3v) is 4.93. The first-order valence-corrected chi connectivity index (χ1v) is 8.34. The summed E-state index contributed by atoms with van der Waals surface area (Å²) in [4.78, 5) is 23.8. The largest absolute Gasteiger partial charge is 0.462 e. The Morgan fingerprint density at radius 1 is 1.09 bits per heavy atom. The molecule has 3 aliphatic rings. The monoisotopic (exact) mass is 324 g/mol. The first-order chi connectivity index (χ1) is 10.9. The van der Waals surface area contributed by atoms with E-state index in [4.69, 9.17) is 14.2 Å². The van der Waals surface area contributed by atoms with Gasteiger partial charge in [0, 0.05) is 12.0 Å². The summed E-state index contributed by atoms with van der Waals surface area (Å²) in [5.41, 5.74) is 0.302. The van der Waals surface area contributed by atoms with Crippen LogP contribution in [-0.2, 0) is 23.8 Å². The molecule has 2 aliphatic carbocycles. The summed E-state index contributed by atoms with van der Waals surface area (Å²) in [5.74, 6) is -1.09. The minimum Gasteiger partial charge on any atom is -0.462 e. The van der Waals surface area contributed by atoms with Crippen LogP contribution in [0.15, 0.2) is 12.2 Å². The van der Waals surface area contributed by atoms with Crippen LogP contribution in [0, 0.1) is 5.92 Å². The summed E-state index contributed by atoms with van der Waals surface area (Å²) in [6.45, 7) is 5.09. The number of esters is 2. The number of aliphatic hydroxyl groups is 1. The summed E-state index contributed by atoms with van der Waals surface area (Å²) < 4.78 is 16.2. The lowest BCUT2D eigenvalue weighted by Gasteiger charge is -2.32. The van der Waals surface area contributed by atoms with Gasteiger partial charge in [0.25, 0.3) is 0 Å². The van der Waals surface area contributed by atoms with Gasteiger partial charge in [0.05, 0.1) is 24.2 Å². The molecule has 1 heterocycles. The zero-order valence-corrected chi connectivity index (χ0v) is 13.4. The van der Waals surface area contributed by atoms with Gasteiger partial charge in [0.1, 0.15) is 12.2 Å². The van der Waals surface area contributed by atoms with E-state index in [2.05, 4.69) is 6.58 Å². The van der Waals surface area contributed by atoms with Crippen LogP contribution in [-0.4, -0.2) is 47.6 Å². The highest BCUT2D eigenvalue weighted by Crippen LogP contribution is 2.38. The van der Waals surface area contributed by atoms with E-state index in [1.165, 1.54) is 0 Å². The van der Waals surface area contributed by atoms with Crippen LogP contribution >= 0.6 is 0 Å². The Morgan fingerprint density at radius 3 is 2.52 bits per heavy atom. The third-order valence-electron chi connectivity index (χ3n) is 4.93. The highest BCUT2D eigenvalue weighted by Gasteiger charge is 2.45. The molecule has 6 heteroatoms. The van der Waals surface area contributed by atoms with Crippen molar-refractivity contribution in [1.29, 1.82) is 0 Å². The number of aliphatic hydroxyl groups excluding tert-OH is 1. The lowest BCUT2D eigenvalue weighted by molar-refractivity contribution is -0.164. The van der Waals surface area contributed by atoms with Crippen LogP contribution in [0.2, 0.25) is 0 Å². The summed E-state index contributed by atoms with van der Waals surface area (Å²) in [7, 11) is 0. The Morgan fingerprint density at radius 2 is 1.87 bits per heavy atom. The van der Waals surface area contributed by atoms with Gasteiger partial charge in [-0.2, -0.15) is 0 Å². The van der Waals surface area contributed by atoms with Crippen molar-refractivity contribution in [2.75, 3.05) is 0 Å². The maximum absolute atomic E-state index is 12.3. The number of ether oxygens (including phenoxy) is 3. The van der Waals surface area contributed by atoms with E-state index in [1.807, 2.05) is 0 Å². The molecule has 6 atom stereocenters. The highest BCUT2D eigenvalue weighted by molar-refractivity contribution is 5.87. The first-order valence-electron chi connectivity index (χ1n) is 8.34. The molecule has 23 heavy (non-hydrogen) atoms. The van der Waals surface area contributed by atoms with Crippen LogP contribution < -0.4 is 0 Å². The molecule has 0 bridgehead atoms.